The summed E-state index contributed by atoms with van der Waals surface area (Å²) in [6, 6.07) is 16.8. The van der Waals surface area contributed by atoms with Gasteiger partial charge in [0.25, 0.3) is 5.56 Å². The molecule has 0 amide bonds. The third-order valence-corrected chi connectivity index (χ3v) is 5.28. The Morgan fingerprint density at radius 3 is 2.63 bits per heavy atom. The largest absolute Gasteiger partial charge is 0.496 e. The molecule has 30 heavy (non-hydrogen) atoms. The first-order chi connectivity index (χ1) is 14.7. The topological polar surface area (TPSA) is 74.3 Å². The van der Waals surface area contributed by atoms with Gasteiger partial charge in [0.15, 0.2) is 11.2 Å². The molecule has 0 spiro atoms. The maximum atomic E-state index is 13.1. The number of ether oxygens (including phenoxy) is 1. The van der Waals surface area contributed by atoms with Crippen LogP contribution in [0.4, 0.5) is 0 Å². The van der Waals surface area contributed by atoms with Gasteiger partial charge in [-0.2, -0.15) is 5.10 Å². The summed E-state index contributed by atoms with van der Waals surface area (Å²) in [6.45, 7) is 0.369. The standard InChI is InChI=1S/C22H16ClN5O2/c1-30-19-5-3-2-4-15(19)13-27-11-10-18-20(22(27)29)25-26-21-17(12-24-28(18)21)14-6-8-16(23)9-7-14/h2-12H,13H2,1H3. The second-order valence-electron chi connectivity index (χ2n) is 6.80. The molecule has 0 saturated carbocycles. The molecule has 0 radical (unpaired) electrons. The van der Waals surface area contributed by atoms with Gasteiger partial charge in [-0.25, -0.2) is 4.52 Å². The number of nitrogens with zero attached hydrogens (tertiary/aromatic N) is 5. The molecule has 3 aromatic heterocycles. The summed E-state index contributed by atoms with van der Waals surface area (Å²) in [4.78, 5) is 13.1. The van der Waals surface area contributed by atoms with Crippen molar-refractivity contribution >= 4 is 28.3 Å². The molecule has 0 saturated heterocycles. The Kier molecular flexibility index (Phi) is 4.44. The molecular weight excluding hydrogens is 402 g/mol. The van der Waals surface area contributed by atoms with Crippen LogP contribution in [0.3, 0.4) is 0 Å². The highest BCUT2D eigenvalue weighted by Gasteiger charge is 2.15. The SMILES string of the molecule is COc1ccccc1Cn1ccc2c(nnc3c(-c4ccc(Cl)cc4)cnn32)c1=O. The highest BCUT2D eigenvalue weighted by Crippen LogP contribution is 2.26. The molecule has 8 heteroatoms. The van der Waals surface area contributed by atoms with Gasteiger partial charge >= 0.3 is 0 Å². The van der Waals surface area contributed by atoms with Crippen LogP contribution in [0.5, 0.6) is 5.75 Å². The summed E-state index contributed by atoms with van der Waals surface area (Å²) in [5, 5.41) is 13.6. The van der Waals surface area contributed by atoms with Crippen LogP contribution in [0.15, 0.2) is 71.8 Å². The Morgan fingerprint density at radius 1 is 1.03 bits per heavy atom. The maximum absolute atomic E-state index is 13.1. The lowest BCUT2D eigenvalue weighted by molar-refractivity contribution is 0.408. The average Bonchev–Trinajstić information content (AvgIpc) is 3.21. The lowest BCUT2D eigenvalue weighted by atomic mass is 10.1. The molecule has 0 atom stereocenters. The smallest absolute Gasteiger partial charge is 0.280 e. The molecule has 3 heterocycles. The van der Waals surface area contributed by atoms with Crippen molar-refractivity contribution in [2.45, 2.75) is 6.54 Å². The fraction of sp³-hybridized carbons (Fsp3) is 0.0909. The molecule has 5 aromatic rings. The molecule has 0 unspecified atom stereocenters. The molecule has 148 valence electrons. The maximum Gasteiger partial charge on any atom is 0.280 e. The van der Waals surface area contributed by atoms with Crippen molar-refractivity contribution < 1.29 is 4.74 Å². The first-order valence-corrected chi connectivity index (χ1v) is 9.65. The van der Waals surface area contributed by atoms with E-state index in [2.05, 4.69) is 15.3 Å². The van der Waals surface area contributed by atoms with Crippen LogP contribution >= 0.6 is 11.6 Å². The minimum atomic E-state index is -0.239. The zero-order valence-corrected chi connectivity index (χ0v) is 16.7. The second kappa shape index (κ2) is 7.27. The number of fused-ring (bicyclic) bond motifs is 3. The van der Waals surface area contributed by atoms with Crippen LogP contribution in [-0.2, 0) is 6.54 Å². The number of hydrogen-bond donors (Lipinski definition) is 0. The number of halogens is 1. The van der Waals surface area contributed by atoms with Crippen molar-refractivity contribution in [2.75, 3.05) is 7.11 Å². The van der Waals surface area contributed by atoms with Crippen molar-refractivity contribution in [2.24, 2.45) is 0 Å². The Labute approximate surface area is 176 Å². The number of hydrogen-bond acceptors (Lipinski definition) is 5. The van der Waals surface area contributed by atoms with Gasteiger partial charge in [-0.3, -0.25) is 4.79 Å². The molecule has 0 aliphatic rings. The van der Waals surface area contributed by atoms with Gasteiger partial charge in [0.1, 0.15) is 11.3 Å². The predicted molar refractivity (Wildman–Crippen MR) is 115 cm³/mol. The van der Waals surface area contributed by atoms with E-state index in [1.165, 1.54) is 0 Å². The van der Waals surface area contributed by atoms with Crippen molar-refractivity contribution in [1.29, 1.82) is 0 Å². The van der Waals surface area contributed by atoms with Crippen LogP contribution in [0.2, 0.25) is 5.02 Å². The molecule has 0 aliphatic heterocycles. The van der Waals surface area contributed by atoms with E-state index >= 15 is 0 Å². The van der Waals surface area contributed by atoms with E-state index in [0.717, 1.165) is 22.4 Å². The van der Waals surface area contributed by atoms with Crippen LogP contribution in [-0.4, -0.2) is 31.5 Å². The quantitative estimate of drug-likeness (QED) is 0.444. The summed E-state index contributed by atoms with van der Waals surface area (Å²) in [5.74, 6) is 0.728. The summed E-state index contributed by atoms with van der Waals surface area (Å²) in [6.07, 6.45) is 3.45. The summed E-state index contributed by atoms with van der Waals surface area (Å²) in [5.41, 5.74) is 3.83. The lowest BCUT2D eigenvalue weighted by Crippen LogP contribution is -2.22. The van der Waals surface area contributed by atoms with Crippen molar-refractivity contribution in [3.8, 4) is 16.9 Å². The number of pyridine rings is 1. The normalized spacial score (nSPS) is 11.3. The fourth-order valence-electron chi connectivity index (χ4n) is 3.50. The predicted octanol–water partition coefficient (Wildman–Crippen LogP) is 3.82. The van der Waals surface area contributed by atoms with E-state index in [-0.39, 0.29) is 11.1 Å². The monoisotopic (exact) mass is 417 g/mol. The number of rotatable bonds is 4. The highest BCUT2D eigenvalue weighted by molar-refractivity contribution is 6.30. The van der Waals surface area contributed by atoms with Gasteiger partial charge < -0.3 is 9.30 Å². The average molecular weight is 418 g/mol. The fourth-order valence-corrected chi connectivity index (χ4v) is 3.63. The Balaban J connectivity index is 1.62. The molecule has 5 rings (SSSR count). The third-order valence-electron chi connectivity index (χ3n) is 5.02. The Bertz CT molecular complexity index is 1440. The third kappa shape index (κ3) is 3.00. The van der Waals surface area contributed by atoms with Gasteiger partial charge in [-0.1, -0.05) is 41.9 Å². The van der Waals surface area contributed by atoms with Crippen molar-refractivity contribution in [3.05, 3.63) is 87.9 Å². The number of aromatic nitrogens is 5. The zero-order valence-electron chi connectivity index (χ0n) is 16.0. The molecule has 0 N–H and O–H groups in total. The first kappa shape index (κ1) is 18.3. The molecule has 0 aliphatic carbocycles. The van der Waals surface area contributed by atoms with Crippen molar-refractivity contribution in [3.63, 3.8) is 0 Å². The Hall–Kier alpha value is -3.71. The van der Waals surface area contributed by atoms with Gasteiger partial charge in [0, 0.05) is 22.3 Å². The molecule has 0 fully saturated rings. The highest BCUT2D eigenvalue weighted by atomic mass is 35.5. The minimum absolute atomic E-state index is 0.239. The minimum Gasteiger partial charge on any atom is -0.496 e. The number of para-hydroxylation sites is 1. The Morgan fingerprint density at radius 2 is 1.83 bits per heavy atom. The van der Waals surface area contributed by atoms with E-state index in [1.807, 2.05) is 54.6 Å². The van der Waals surface area contributed by atoms with Gasteiger partial charge in [-0.15, -0.1) is 10.2 Å². The first-order valence-electron chi connectivity index (χ1n) is 9.27. The van der Waals surface area contributed by atoms with E-state index < -0.39 is 0 Å². The number of methoxy groups -OCH3 is 1. The summed E-state index contributed by atoms with van der Waals surface area (Å²) < 4.78 is 8.62. The van der Waals surface area contributed by atoms with Gasteiger partial charge in [0.2, 0.25) is 0 Å². The molecule has 7 nitrogen and oxygen atoms in total. The summed E-state index contributed by atoms with van der Waals surface area (Å²) >= 11 is 5.98. The molecular formula is C22H16ClN5O2. The van der Waals surface area contributed by atoms with Crippen LogP contribution in [0.25, 0.3) is 27.8 Å². The van der Waals surface area contributed by atoms with Crippen LogP contribution < -0.4 is 10.3 Å². The van der Waals surface area contributed by atoms with Crippen LogP contribution in [0, 0.1) is 0 Å². The van der Waals surface area contributed by atoms with E-state index in [0.29, 0.717) is 22.7 Å². The summed E-state index contributed by atoms with van der Waals surface area (Å²) in [7, 11) is 1.61. The van der Waals surface area contributed by atoms with Crippen LogP contribution in [0.1, 0.15) is 5.56 Å². The van der Waals surface area contributed by atoms with Gasteiger partial charge in [0.05, 0.1) is 19.9 Å². The zero-order chi connectivity index (χ0) is 20.7. The number of benzene rings is 2. The lowest BCUT2D eigenvalue weighted by Gasteiger charge is -2.11. The van der Waals surface area contributed by atoms with Crippen molar-refractivity contribution in [1.82, 2.24) is 24.4 Å². The molecule has 2 aromatic carbocycles. The second-order valence-corrected chi connectivity index (χ2v) is 7.23. The van der Waals surface area contributed by atoms with Gasteiger partial charge in [-0.05, 0) is 29.8 Å². The molecule has 0 bridgehead atoms. The van der Waals surface area contributed by atoms with E-state index in [1.54, 1.807) is 28.6 Å². The van der Waals surface area contributed by atoms with E-state index in [4.69, 9.17) is 16.3 Å². The van der Waals surface area contributed by atoms with E-state index in [9.17, 15) is 4.79 Å².